The number of aromatic nitrogens is 4. The number of rotatable bonds is 7. The molecule has 2 aromatic carbocycles. The van der Waals surface area contributed by atoms with Crippen LogP contribution in [-0.2, 0) is 10.0 Å². The molecule has 11 heteroatoms. The Hall–Kier alpha value is -3.34. The number of hydrogen-bond acceptors (Lipinski definition) is 6. The second-order valence-electron chi connectivity index (χ2n) is 6.26. The summed E-state index contributed by atoms with van der Waals surface area (Å²) in [5.74, 6) is -0.657. The van der Waals surface area contributed by atoms with Crippen LogP contribution in [0.3, 0.4) is 0 Å². The summed E-state index contributed by atoms with van der Waals surface area (Å²) in [5, 5.41) is 13.6. The van der Waals surface area contributed by atoms with Gasteiger partial charge in [-0.1, -0.05) is 13.0 Å². The minimum Gasteiger partial charge on any atom is -0.322 e. The van der Waals surface area contributed by atoms with Gasteiger partial charge >= 0.3 is 0 Å². The van der Waals surface area contributed by atoms with Crippen LogP contribution in [0.25, 0.3) is 5.69 Å². The molecule has 0 saturated carbocycles. The maximum atomic E-state index is 14.2. The fourth-order valence-corrected chi connectivity index (χ4v) is 3.76. The Labute approximate surface area is 167 Å². The molecular weight excluding hydrogens is 399 g/mol. The number of sulfonamides is 1. The van der Waals surface area contributed by atoms with Crippen LogP contribution in [0.5, 0.6) is 0 Å². The molecule has 0 spiro atoms. The summed E-state index contributed by atoms with van der Waals surface area (Å²) in [5.41, 5.74) is 0.950. The van der Waals surface area contributed by atoms with E-state index in [9.17, 15) is 17.6 Å². The third-order valence-electron chi connectivity index (χ3n) is 3.93. The maximum absolute atomic E-state index is 14.2. The van der Waals surface area contributed by atoms with Gasteiger partial charge in [-0.15, -0.1) is 5.10 Å². The van der Waals surface area contributed by atoms with Gasteiger partial charge in [-0.3, -0.25) is 9.52 Å². The largest absolute Gasteiger partial charge is 0.322 e. The smallest absolute Gasteiger partial charge is 0.255 e. The molecule has 29 heavy (non-hydrogen) atoms. The van der Waals surface area contributed by atoms with Gasteiger partial charge in [-0.05, 0) is 60.2 Å². The van der Waals surface area contributed by atoms with E-state index in [2.05, 4.69) is 25.6 Å². The fourth-order valence-electron chi connectivity index (χ4n) is 2.63. The number of nitrogens with zero attached hydrogens (tertiary/aromatic N) is 4. The normalized spacial score (nSPS) is 11.3. The molecule has 0 aliphatic heterocycles. The molecule has 152 valence electrons. The zero-order chi connectivity index (χ0) is 21.0. The molecule has 1 aromatic heterocycles. The van der Waals surface area contributed by atoms with Gasteiger partial charge in [0.15, 0.2) is 5.82 Å². The minimum absolute atomic E-state index is 0.0155. The Balaban J connectivity index is 1.81. The number of carbonyl (C=O) groups is 1. The van der Waals surface area contributed by atoms with Gasteiger partial charge in [0, 0.05) is 16.9 Å². The van der Waals surface area contributed by atoms with Crippen molar-refractivity contribution in [2.45, 2.75) is 20.3 Å². The molecular formula is C18H19FN6O3S. The summed E-state index contributed by atoms with van der Waals surface area (Å²) in [4.78, 5) is 12.6. The first-order valence-electron chi connectivity index (χ1n) is 8.76. The van der Waals surface area contributed by atoms with Crippen LogP contribution in [0.4, 0.5) is 15.8 Å². The number of halogens is 1. The van der Waals surface area contributed by atoms with E-state index in [1.807, 2.05) is 0 Å². The van der Waals surface area contributed by atoms with Crippen molar-refractivity contribution < 1.29 is 17.6 Å². The molecule has 0 fully saturated rings. The molecule has 1 amide bonds. The molecule has 1 heterocycles. The van der Waals surface area contributed by atoms with E-state index in [0.717, 1.165) is 0 Å². The third-order valence-corrected chi connectivity index (χ3v) is 5.42. The molecule has 2 N–H and O–H groups in total. The van der Waals surface area contributed by atoms with Crippen molar-refractivity contribution in [3.63, 3.8) is 0 Å². The molecule has 0 radical (unpaired) electrons. The van der Waals surface area contributed by atoms with Gasteiger partial charge < -0.3 is 5.32 Å². The highest BCUT2D eigenvalue weighted by Gasteiger charge is 2.14. The summed E-state index contributed by atoms with van der Waals surface area (Å²) in [6, 6.07) is 10.1. The van der Waals surface area contributed by atoms with Gasteiger partial charge in [0.05, 0.1) is 5.75 Å². The third kappa shape index (κ3) is 4.93. The highest BCUT2D eigenvalue weighted by atomic mass is 32.2. The summed E-state index contributed by atoms with van der Waals surface area (Å²) in [6.45, 7) is 3.38. The lowest BCUT2D eigenvalue weighted by atomic mass is 10.2. The van der Waals surface area contributed by atoms with Crippen LogP contribution in [0.2, 0.25) is 0 Å². The molecule has 0 bridgehead atoms. The quantitative estimate of drug-likeness (QED) is 0.609. The van der Waals surface area contributed by atoms with Crippen LogP contribution >= 0.6 is 0 Å². The van der Waals surface area contributed by atoms with Gasteiger partial charge in [-0.2, -0.15) is 4.68 Å². The average molecular weight is 418 g/mol. The first-order valence-corrected chi connectivity index (χ1v) is 10.4. The fraction of sp³-hybridized carbons (Fsp3) is 0.222. The van der Waals surface area contributed by atoms with Crippen LogP contribution in [0.15, 0.2) is 42.5 Å². The first-order chi connectivity index (χ1) is 13.8. The molecule has 0 aliphatic carbocycles. The highest BCUT2D eigenvalue weighted by Crippen LogP contribution is 2.20. The van der Waals surface area contributed by atoms with Crippen molar-refractivity contribution in [1.29, 1.82) is 0 Å². The maximum Gasteiger partial charge on any atom is 0.255 e. The summed E-state index contributed by atoms with van der Waals surface area (Å²) < 4.78 is 41.6. The number of carbonyl (C=O) groups excluding carboxylic acids is 1. The molecule has 0 saturated heterocycles. The zero-order valence-electron chi connectivity index (χ0n) is 15.8. The van der Waals surface area contributed by atoms with Crippen molar-refractivity contribution >= 4 is 27.3 Å². The van der Waals surface area contributed by atoms with Crippen LogP contribution in [0, 0.1) is 12.7 Å². The number of tetrazole rings is 1. The molecule has 0 atom stereocenters. The van der Waals surface area contributed by atoms with E-state index in [4.69, 9.17) is 0 Å². The Morgan fingerprint density at radius 3 is 2.66 bits per heavy atom. The van der Waals surface area contributed by atoms with Crippen LogP contribution in [-0.4, -0.2) is 40.3 Å². The number of anilines is 2. The van der Waals surface area contributed by atoms with E-state index < -0.39 is 21.7 Å². The molecule has 0 aliphatic rings. The van der Waals surface area contributed by atoms with Gasteiger partial charge in [0.25, 0.3) is 5.91 Å². The van der Waals surface area contributed by atoms with E-state index in [1.54, 1.807) is 32.0 Å². The van der Waals surface area contributed by atoms with Crippen molar-refractivity contribution in [1.82, 2.24) is 20.2 Å². The summed E-state index contributed by atoms with van der Waals surface area (Å²) in [7, 11) is -3.47. The standard InChI is InChI=1S/C18H19FN6O3S/c1-3-9-29(27,28)22-15-6-4-5-13(10-15)18(26)20-14-7-8-16(19)17(11-14)25-12(2)21-23-24-25/h4-8,10-11,22H,3,9H2,1-2H3,(H,20,26). The van der Waals surface area contributed by atoms with Crippen LogP contribution < -0.4 is 10.0 Å². The lowest BCUT2D eigenvalue weighted by molar-refractivity contribution is 0.102. The second-order valence-corrected chi connectivity index (χ2v) is 8.10. The zero-order valence-corrected chi connectivity index (χ0v) is 16.6. The topological polar surface area (TPSA) is 119 Å². The van der Waals surface area contributed by atoms with Crippen molar-refractivity contribution in [2.75, 3.05) is 15.8 Å². The number of nitrogens with one attached hydrogen (secondary N) is 2. The highest BCUT2D eigenvalue weighted by molar-refractivity contribution is 7.92. The lowest BCUT2D eigenvalue weighted by Gasteiger charge is -2.11. The minimum atomic E-state index is -3.47. The number of aryl methyl sites for hydroxylation is 1. The monoisotopic (exact) mass is 418 g/mol. The number of benzene rings is 2. The summed E-state index contributed by atoms with van der Waals surface area (Å²) in [6.07, 6.45) is 0.475. The van der Waals surface area contributed by atoms with Gasteiger partial charge in [0.1, 0.15) is 11.5 Å². The van der Waals surface area contributed by atoms with E-state index in [0.29, 0.717) is 17.9 Å². The van der Waals surface area contributed by atoms with Crippen molar-refractivity contribution in [2.24, 2.45) is 0 Å². The Morgan fingerprint density at radius 2 is 1.97 bits per heavy atom. The van der Waals surface area contributed by atoms with Gasteiger partial charge in [-0.25, -0.2) is 12.8 Å². The summed E-state index contributed by atoms with van der Waals surface area (Å²) >= 11 is 0. The van der Waals surface area contributed by atoms with Crippen molar-refractivity contribution in [3.8, 4) is 5.69 Å². The van der Waals surface area contributed by atoms with E-state index in [-0.39, 0.29) is 22.7 Å². The second kappa shape index (κ2) is 8.35. The molecule has 9 nitrogen and oxygen atoms in total. The van der Waals surface area contributed by atoms with Gasteiger partial charge in [0.2, 0.25) is 10.0 Å². The average Bonchev–Trinajstić information content (AvgIpc) is 3.08. The number of hydrogen-bond donors (Lipinski definition) is 2. The van der Waals surface area contributed by atoms with Crippen molar-refractivity contribution in [3.05, 3.63) is 59.7 Å². The van der Waals surface area contributed by atoms with E-state index in [1.165, 1.54) is 28.9 Å². The Kier molecular flexibility index (Phi) is 5.87. The number of amides is 1. The lowest BCUT2D eigenvalue weighted by Crippen LogP contribution is -2.17. The Bertz CT molecular complexity index is 1150. The Morgan fingerprint density at radius 1 is 1.17 bits per heavy atom. The van der Waals surface area contributed by atoms with Crippen LogP contribution in [0.1, 0.15) is 29.5 Å². The molecule has 3 rings (SSSR count). The predicted molar refractivity (Wildman–Crippen MR) is 106 cm³/mol. The van der Waals surface area contributed by atoms with E-state index >= 15 is 0 Å². The molecule has 0 unspecified atom stereocenters. The first kappa shape index (κ1) is 20.4. The SMILES string of the molecule is CCCS(=O)(=O)Nc1cccc(C(=O)Nc2ccc(F)c(-n3nnnc3C)c2)c1. The molecule has 3 aromatic rings. The predicted octanol–water partition coefficient (Wildman–Crippen LogP) is 2.51.